The summed E-state index contributed by atoms with van der Waals surface area (Å²) in [4.78, 5) is 0. The van der Waals surface area contributed by atoms with Crippen LogP contribution >= 0.6 is 15.9 Å². The molecular weight excluding hydrogens is 292 g/mol. The zero-order chi connectivity index (χ0) is 12.3. The van der Waals surface area contributed by atoms with E-state index in [1.165, 1.54) is 12.1 Å². The molecule has 1 aromatic rings. The number of aliphatic hydroxyl groups is 1. The van der Waals surface area contributed by atoms with Crippen molar-refractivity contribution in [2.24, 2.45) is 0 Å². The molecule has 1 atom stereocenters. The predicted molar refractivity (Wildman–Crippen MR) is 54.5 cm³/mol. The van der Waals surface area contributed by atoms with Gasteiger partial charge in [0.1, 0.15) is 5.82 Å². The van der Waals surface area contributed by atoms with Gasteiger partial charge in [0, 0.05) is 10.9 Å². The summed E-state index contributed by atoms with van der Waals surface area (Å²) in [5.41, 5.74) is 0.0694. The number of hydrogen-bond donors (Lipinski definition) is 1. The number of rotatable bonds is 3. The molecular formula is C10H9BrF4O. The maximum atomic E-state index is 13.2. The van der Waals surface area contributed by atoms with Crippen LogP contribution in [0.5, 0.6) is 0 Å². The summed E-state index contributed by atoms with van der Waals surface area (Å²) >= 11 is 3.03. The van der Waals surface area contributed by atoms with Gasteiger partial charge in [0.15, 0.2) is 0 Å². The van der Waals surface area contributed by atoms with Crippen LogP contribution in [0.3, 0.4) is 0 Å². The van der Waals surface area contributed by atoms with E-state index in [1.807, 2.05) is 0 Å². The first-order valence-corrected chi connectivity index (χ1v) is 5.26. The highest BCUT2D eigenvalue weighted by molar-refractivity contribution is 9.10. The maximum absolute atomic E-state index is 13.2. The van der Waals surface area contributed by atoms with Crippen LogP contribution in [0.1, 0.15) is 12.0 Å². The van der Waals surface area contributed by atoms with Gasteiger partial charge < -0.3 is 5.11 Å². The molecule has 0 bridgehead atoms. The Bertz CT molecular complexity index is 364. The molecule has 0 saturated carbocycles. The Hall–Kier alpha value is -0.620. The fourth-order valence-electron chi connectivity index (χ4n) is 1.28. The van der Waals surface area contributed by atoms with Crippen LogP contribution in [-0.4, -0.2) is 17.4 Å². The monoisotopic (exact) mass is 300 g/mol. The molecule has 16 heavy (non-hydrogen) atoms. The first-order chi connectivity index (χ1) is 7.28. The highest BCUT2D eigenvalue weighted by Crippen LogP contribution is 2.24. The van der Waals surface area contributed by atoms with Crippen molar-refractivity contribution in [1.29, 1.82) is 0 Å². The summed E-state index contributed by atoms with van der Waals surface area (Å²) in [5.74, 6) is -0.629. The van der Waals surface area contributed by atoms with Gasteiger partial charge in [0.25, 0.3) is 0 Å². The Kier molecular flexibility index (Phi) is 4.32. The van der Waals surface area contributed by atoms with E-state index >= 15 is 0 Å². The quantitative estimate of drug-likeness (QED) is 0.848. The maximum Gasteiger partial charge on any atom is 0.391 e. The van der Waals surface area contributed by atoms with Crippen molar-refractivity contribution in [1.82, 2.24) is 0 Å². The van der Waals surface area contributed by atoms with E-state index in [0.717, 1.165) is 6.07 Å². The highest BCUT2D eigenvalue weighted by Gasteiger charge is 2.31. The first-order valence-electron chi connectivity index (χ1n) is 4.46. The molecule has 0 aliphatic carbocycles. The molecule has 0 heterocycles. The molecule has 0 saturated heterocycles. The number of alkyl halides is 3. The average molecular weight is 301 g/mol. The van der Waals surface area contributed by atoms with Crippen LogP contribution in [0.15, 0.2) is 22.7 Å². The number of aliphatic hydroxyl groups excluding tert-OH is 1. The minimum absolute atomic E-state index is 0.0694. The van der Waals surface area contributed by atoms with E-state index in [4.69, 9.17) is 5.11 Å². The van der Waals surface area contributed by atoms with E-state index < -0.39 is 24.5 Å². The lowest BCUT2D eigenvalue weighted by molar-refractivity contribution is -0.153. The van der Waals surface area contributed by atoms with E-state index in [1.54, 1.807) is 0 Å². The molecule has 0 fully saturated rings. The van der Waals surface area contributed by atoms with Crippen LogP contribution in [-0.2, 0) is 6.42 Å². The van der Waals surface area contributed by atoms with Gasteiger partial charge in [0.2, 0.25) is 0 Å². The Labute approximate surface area is 98.2 Å². The molecule has 0 aliphatic heterocycles. The topological polar surface area (TPSA) is 20.2 Å². The lowest BCUT2D eigenvalue weighted by atomic mass is 10.1. The van der Waals surface area contributed by atoms with Gasteiger partial charge >= 0.3 is 6.18 Å². The van der Waals surface area contributed by atoms with Crippen LogP contribution in [0.2, 0.25) is 0 Å². The minimum atomic E-state index is -4.44. The van der Waals surface area contributed by atoms with Gasteiger partial charge in [-0.1, -0.05) is 22.0 Å². The second-order valence-corrected chi connectivity index (χ2v) is 4.33. The fourth-order valence-corrected chi connectivity index (χ4v) is 1.61. The van der Waals surface area contributed by atoms with Crippen LogP contribution in [0.4, 0.5) is 17.6 Å². The van der Waals surface area contributed by atoms with Gasteiger partial charge in [-0.05, 0) is 17.7 Å². The van der Waals surface area contributed by atoms with Crippen molar-refractivity contribution in [2.75, 3.05) is 0 Å². The van der Waals surface area contributed by atoms with Crippen LogP contribution < -0.4 is 0 Å². The zero-order valence-corrected chi connectivity index (χ0v) is 9.65. The first kappa shape index (κ1) is 13.4. The fraction of sp³-hybridized carbons (Fsp3) is 0.400. The van der Waals surface area contributed by atoms with Gasteiger partial charge in [-0.2, -0.15) is 13.2 Å². The third kappa shape index (κ3) is 4.49. The third-order valence-corrected chi connectivity index (χ3v) is 2.43. The standard InChI is InChI=1S/C10H9BrF4O/c11-7-2-1-6(9(12)4-7)3-8(16)5-10(13,14)15/h1-2,4,8,16H,3,5H2. The van der Waals surface area contributed by atoms with E-state index in [-0.39, 0.29) is 12.0 Å². The molecule has 1 unspecified atom stereocenters. The van der Waals surface area contributed by atoms with Crippen molar-refractivity contribution in [3.8, 4) is 0 Å². The lowest BCUT2D eigenvalue weighted by Gasteiger charge is -2.13. The van der Waals surface area contributed by atoms with Crippen molar-refractivity contribution in [3.05, 3.63) is 34.1 Å². The van der Waals surface area contributed by atoms with Crippen LogP contribution in [0, 0.1) is 5.82 Å². The minimum Gasteiger partial charge on any atom is -0.392 e. The average Bonchev–Trinajstić information content (AvgIpc) is 2.06. The molecule has 1 nitrogen and oxygen atoms in total. The van der Waals surface area contributed by atoms with Gasteiger partial charge in [-0.25, -0.2) is 4.39 Å². The Morgan fingerprint density at radius 3 is 2.44 bits per heavy atom. The SMILES string of the molecule is OC(Cc1ccc(Br)cc1F)CC(F)(F)F. The summed E-state index contributed by atoms with van der Waals surface area (Å²) in [6, 6.07) is 4.01. The molecule has 1 rings (SSSR count). The third-order valence-electron chi connectivity index (χ3n) is 1.94. The van der Waals surface area contributed by atoms with Crippen molar-refractivity contribution < 1.29 is 22.7 Å². The second-order valence-electron chi connectivity index (χ2n) is 3.41. The smallest absolute Gasteiger partial charge is 0.391 e. The number of halogens is 5. The van der Waals surface area contributed by atoms with Gasteiger partial charge in [-0.3, -0.25) is 0 Å². The van der Waals surface area contributed by atoms with E-state index in [2.05, 4.69) is 15.9 Å². The molecule has 0 aromatic heterocycles. The summed E-state index contributed by atoms with van der Waals surface area (Å²) in [6.45, 7) is 0. The summed E-state index contributed by atoms with van der Waals surface area (Å²) < 4.78 is 49.5. The van der Waals surface area contributed by atoms with E-state index in [9.17, 15) is 17.6 Å². The molecule has 0 spiro atoms. The van der Waals surface area contributed by atoms with Gasteiger partial charge in [-0.15, -0.1) is 0 Å². The second kappa shape index (κ2) is 5.14. The molecule has 90 valence electrons. The van der Waals surface area contributed by atoms with Gasteiger partial charge in [0.05, 0.1) is 12.5 Å². The van der Waals surface area contributed by atoms with Crippen molar-refractivity contribution in [2.45, 2.75) is 25.1 Å². The molecule has 1 aromatic carbocycles. The number of benzene rings is 1. The molecule has 1 N–H and O–H groups in total. The summed E-state index contributed by atoms with van der Waals surface area (Å²) in [5, 5.41) is 9.13. The Morgan fingerprint density at radius 1 is 1.31 bits per heavy atom. The molecule has 6 heteroatoms. The van der Waals surface area contributed by atoms with E-state index in [0.29, 0.717) is 4.47 Å². The molecule has 0 amide bonds. The van der Waals surface area contributed by atoms with Crippen molar-refractivity contribution >= 4 is 15.9 Å². The number of hydrogen-bond acceptors (Lipinski definition) is 1. The highest BCUT2D eigenvalue weighted by atomic mass is 79.9. The summed E-state index contributed by atoms with van der Waals surface area (Å²) in [7, 11) is 0. The Balaban J connectivity index is 2.66. The summed E-state index contributed by atoms with van der Waals surface area (Å²) in [6.07, 6.45) is -7.73. The normalized spacial score (nSPS) is 13.9. The zero-order valence-electron chi connectivity index (χ0n) is 8.06. The lowest BCUT2D eigenvalue weighted by Crippen LogP contribution is -2.21. The molecule has 0 aliphatic rings. The predicted octanol–water partition coefficient (Wildman–Crippen LogP) is 3.44. The molecule has 0 radical (unpaired) electrons. The van der Waals surface area contributed by atoms with Crippen LogP contribution in [0.25, 0.3) is 0 Å². The van der Waals surface area contributed by atoms with Crippen molar-refractivity contribution in [3.63, 3.8) is 0 Å². The largest absolute Gasteiger partial charge is 0.392 e. The Morgan fingerprint density at radius 2 is 1.94 bits per heavy atom.